The fourth-order valence-electron chi connectivity index (χ4n) is 4.35. The molecule has 2 saturated heterocycles. The first kappa shape index (κ1) is 18.9. The molecule has 1 amide bonds. The van der Waals surface area contributed by atoms with Crippen LogP contribution in [0, 0.1) is 0 Å². The molecule has 8 heteroatoms. The maximum absolute atomic E-state index is 12.8. The van der Waals surface area contributed by atoms with Crippen LogP contribution in [0.1, 0.15) is 19.9 Å². The first-order valence-electron chi connectivity index (χ1n) is 9.68. The van der Waals surface area contributed by atoms with Gasteiger partial charge in [0.2, 0.25) is 0 Å². The van der Waals surface area contributed by atoms with Crippen LogP contribution in [0.5, 0.6) is 0 Å². The molecule has 0 bridgehead atoms. The van der Waals surface area contributed by atoms with Crippen molar-refractivity contribution < 1.29 is 14.7 Å². The van der Waals surface area contributed by atoms with E-state index in [0.29, 0.717) is 5.69 Å². The predicted molar refractivity (Wildman–Crippen MR) is 114 cm³/mol. The number of carbonyl (C=O) groups is 2. The molecular formula is C22H20N4O3S. The summed E-state index contributed by atoms with van der Waals surface area (Å²) in [5.41, 5.74) is 3.72. The van der Waals surface area contributed by atoms with Crippen LogP contribution < -0.4 is 0 Å². The summed E-state index contributed by atoms with van der Waals surface area (Å²) in [7, 11) is 0. The number of hydrogen-bond donors (Lipinski definition) is 1. The molecule has 2 aliphatic rings. The average Bonchev–Trinajstić information content (AvgIpc) is 3.29. The minimum Gasteiger partial charge on any atom is -0.480 e. The third-order valence-electron chi connectivity index (χ3n) is 5.73. The van der Waals surface area contributed by atoms with Crippen LogP contribution in [-0.2, 0) is 9.59 Å². The first-order valence-corrected chi connectivity index (χ1v) is 10.6. The molecule has 0 saturated carbocycles. The highest BCUT2D eigenvalue weighted by Crippen LogP contribution is 2.54. The number of amides is 1. The van der Waals surface area contributed by atoms with E-state index >= 15 is 0 Å². The van der Waals surface area contributed by atoms with Crippen molar-refractivity contribution >= 4 is 23.6 Å². The van der Waals surface area contributed by atoms with Crippen molar-refractivity contribution in [2.24, 2.45) is 0 Å². The van der Waals surface area contributed by atoms with E-state index in [4.69, 9.17) is 0 Å². The Balaban J connectivity index is 1.48. The van der Waals surface area contributed by atoms with Crippen molar-refractivity contribution in [3.63, 3.8) is 0 Å². The Bertz CT molecular complexity index is 1140. The van der Waals surface area contributed by atoms with Crippen molar-refractivity contribution in [3.8, 4) is 22.4 Å². The lowest BCUT2D eigenvalue weighted by Crippen LogP contribution is -2.62. The maximum Gasteiger partial charge on any atom is 0.327 e. The number of benzene rings is 2. The van der Waals surface area contributed by atoms with E-state index in [1.165, 1.54) is 16.7 Å². The fraction of sp³-hybridized carbons (Fsp3) is 0.273. The van der Waals surface area contributed by atoms with Gasteiger partial charge in [0.25, 0.3) is 5.91 Å². The van der Waals surface area contributed by atoms with E-state index in [1.807, 2.05) is 68.4 Å². The zero-order valence-corrected chi connectivity index (χ0v) is 17.3. The van der Waals surface area contributed by atoms with Crippen LogP contribution in [0.25, 0.3) is 22.4 Å². The molecule has 1 N–H and O–H groups in total. The van der Waals surface area contributed by atoms with Crippen molar-refractivity contribution in [2.75, 3.05) is 0 Å². The summed E-state index contributed by atoms with van der Waals surface area (Å²) < 4.78 is 1.01. The molecule has 1 aromatic heterocycles. The number of fused-ring (bicyclic) bond motifs is 1. The molecule has 30 heavy (non-hydrogen) atoms. The smallest absolute Gasteiger partial charge is 0.327 e. The van der Waals surface area contributed by atoms with Crippen LogP contribution in [0.3, 0.4) is 0 Å². The lowest BCUT2D eigenvalue weighted by atomic mass is 9.96. The molecule has 3 aromatic rings. The Hall–Kier alpha value is -3.13. The summed E-state index contributed by atoms with van der Waals surface area (Å²) >= 11 is 1.50. The quantitative estimate of drug-likeness (QED) is 0.652. The SMILES string of the molecule is CC1(C)S[C@@H]2[C@H](n3cc(-c4ccccc4-c4ccccc4)nn3)C(=O)N2[C@H]1C(=O)O. The van der Waals surface area contributed by atoms with Gasteiger partial charge in [-0.2, -0.15) is 0 Å². The van der Waals surface area contributed by atoms with E-state index in [0.717, 1.165) is 16.7 Å². The number of aliphatic carboxylic acids is 1. The number of carboxylic acids is 1. The van der Waals surface area contributed by atoms with Crippen LogP contribution in [0.2, 0.25) is 0 Å². The van der Waals surface area contributed by atoms with Crippen LogP contribution >= 0.6 is 11.8 Å². The summed E-state index contributed by atoms with van der Waals surface area (Å²) in [5, 5.41) is 17.9. The highest BCUT2D eigenvalue weighted by molar-refractivity contribution is 8.01. The highest BCUT2D eigenvalue weighted by atomic mass is 32.2. The molecule has 2 aromatic carbocycles. The molecule has 0 radical (unpaired) electrons. The third kappa shape index (κ3) is 2.74. The Morgan fingerprint density at radius 2 is 1.73 bits per heavy atom. The lowest BCUT2D eigenvalue weighted by Gasteiger charge is -2.42. The molecule has 2 aliphatic heterocycles. The fourth-order valence-corrected chi connectivity index (χ4v) is 6.02. The van der Waals surface area contributed by atoms with Crippen molar-refractivity contribution in [3.05, 3.63) is 60.8 Å². The molecule has 0 aliphatic carbocycles. The molecular weight excluding hydrogens is 400 g/mol. The number of hydrogen-bond acceptors (Lipinski definition) is 5. The maximum atomic E-state index is 12.8. The Labute approximate surface area is 177 Å². The largest absolute Gasteiger partial charge is 0.480 e. The zero-order valence-electron chi connectivity index (χ0n) is 16.5. The average molecular weight is 420 g/mol. The molecule has 2 fully saturated rings. The van der Waals surface area contributed by atoms with E-state index in [-0.39, 0.29) is 11.3 Å². The standard InChI is InChI=1S/C22H20N4O3S/c1-22(2)18(21(28)29)26-19(27)17(20(26)30-22)25-12-16(23-24-25)15-11-7-6-10-14(15)13-8-4-3-5-9-13/h3-12,17-18,20H,1-2H3,(H,28,29)/t17-,18+,20-/m1/s1. The molecule has 0 spiro atoms. The minimum atomic E-state index is -0.974. The number of carboxylic acid groups (broad SMARTS) is 1. The molecule has 7 nitrogen and oxygen atoms in total. The van der Waals surface area contributed by atoms with Gasteiger partial charge in [-0.3, -0.25) is 4.79 Å². The number of rotatable bonds is 4. The van der Waals surface area contributed by atoms with E-state index in [1.54, 1.807) is 10.9 Å². The van der Waals surface area contributed by atoms with Gasteiger partial charge in [-0.25, -0.2) is 9.48 Å². The second-order valence-electron chi connectivity index (χ2n) is 8.04. The van der Waals surface area contributed by atoms with Gasteiger partial charge in [-0.1, -0.05) is 59.8 Å². The Morgan fingerprint density at radius 1 is 1.07 bits per heavy atom. The summed E-state index contributed by atoms with van der Waals surface area (Å²) in [6, 6.07) is 16.6. The second kappa shape index (κ2) is 6.70. The summed E-state index contributed by atoms with van der Waals surface area (Å²) in [6.07, 6.45) is 1.78. The van der Waals surface area contributed by atoms with Gasteiger partial charge in [0.05, 0.1) is 6.20 Å². The Morgan fingerprint density at radius 3 is 2.43 bits per heavy atom. The van der Waals surface area contributed by atoms with Crippen molar-refractivity contribution in [2.45, 2.75) is 36.1 Å². The third-order valence-corrected chi connectivity index (χ3v) is 7.29. The zero-order chi connectivity index (χ0) is 21.0. The van der Waals surface area contributed by atoms with E-state index < -0.39 is 22.8 Å². The number of aromatic nitrogens is 3. The molecule has 5 rings (SSSR count). The van der Waals surface area contributed by atoms with Gasteiger partial charge in [0.15, 0.2) is 6.04 Å². The molecule has 0 unspecified atom stereocenters. The van der Waals surface area contributed by atoms with Crippen LogP contribution in [-0.4, -0.2) is 53.0 Å². The van der Waals surface area contributed by atoms with Gasteiger partial charge in [-0.05, 0) is 25.0 Å². The first-order chi connectivity index (χ1) is 14.4. The van der Waals surface area contributed by atoms with Gasteiger partial charge < -0.3 is 10.0 Å². The lowest BCUT2D eigenvalue weighted by molar-refractivity contribution is -0.162. The van der Waals surface area contributed by atoms with Gasteiger partial charge >= 0.3 is 5.97 Å². The topological polar surface area (TPSA) is 88.3 Å². The van der Waals surface area contributed by atoms with Gasteiger partial charge in [0, 0.05) is 10.3 Å². The molecule has 3 atom stereocenters. The van der Waals surface area contributed by atoms with Crippen molar-refractivity contribution in [1.29, 1.82) is 0 Å². The van der Waals surface area contributed by atoms with Crippen LogP contribution in [0.15, 0.2) is 60.8 Å². The monoisotopic (exact) mass is 420 g/mol. The Kier molecular flexibility index (Phi) is 4.21. The van der Waals surface area contributed by atoms with Gasteiger partial charge in [-0.15, -0.1) is 16.9 Å². The molecule has 3 heterocycles. The summed E-state index contributed by atoms with van der Waals surface area (Å²) in [5.74, 6) is -1.20. The van der Waals surface area contributed by atoms with E-state index in [9.17, 15) is 14.7 Å². The summed E-state index contributed by atoms with van der Waals surface area (Å²) in [6.45, 7) is 3.73. The number of nitrogens with zero attached hydrogens (tertiary/aromatic N) is 4. The van der Waals surface area contributed by atoms with Gasteiger partial charge in [0.1, 0.15) is 17.1 Å². The molecule has 152 valence electrons. The minimum absolute atomic E-state index is 0.224. The second-order valence-corrected chi connectivity index (χ2v) is 9.81. The number of β-lactam (4-membered cyclic amide) rings is 1. The predicted octanol–water partition coefficient (Wildman–Crippen LogP) is 3.30. The normalized spacial score (nSPS) is 24.4. The number of carbonyl (C=O) groups excluding carboxylic acids is 1. The number of thioether (sulfide) groups is 1. The van der Waals surface area contributed by atoms with Crippen molar-refractivity contribution in [1.82, 2.24) is 19.9 Å². The van der Waals surface area contributed by atoms with E-state index in [2.05, 4.69) is 10.3 Å². The van der Waals surface area contributed by atoms with Crippen LogP contribution in [0.4, 0.5) is 0 Å². The summed E-state index contributed by atoms with van der Waals surface area (Å²) in [4.78, 5) is 26.0. The highest BCUT2D eigenvalue weighted by Gasteiger charge is 2.64.